The third-order valence-corrected chi connectivity index (χ3v) is 9.39. The summed E-state index contributed by atoms with van der Waals surface area (Å²) < 4.78 is 11.5. The van der Waals surface area contributed by atoms with Crippen molar-refractivity contribution in [3.63, 3.8) is 0 Å². The minimum Gasteiger partial charge on any atom is -0.393 e. The number of methoxy groups -OCH3 is 2. The molecule has 0 aromatic carbocycles. The summed E-state index contributed by atoms with van der Waals surface area (Å²) in [6.07, 6.45) is 4.53. The number of ether oxygens (including phenoxy) is 2. The molecular weight excluding hydrogens is 332 g/mol. The zero-order chi connectivity index (χ0) is 19.2. The van der Waals surface area contributed by atoms with Gasteiger partial charge in [-0.15, -0.1) is 0 Å². The normalized spacial score (nSPS) is 51.7. The van der Waals surface area contributed by atoms with Gasteiger partial charge in [-0.2, -0.15) is 0 Å². The lowest BCUT2D eigenvalue weighted by Crippen LogP contribution is -2.70. The number of hydrogen-bond donors (Lipinski definition) is 2. The summed E-state index contributed by atoms with van der Waals surface area (Å²) in [5.41, 5.74) is -2.49. The van der Waals surface area contributed by atoms with Gasteiger partial charge in [-0.3, -0.25) is 4.79 Å². The number of hydrogen-bond acceptors (Lipinski definition) is 5. The van der Waals surface area contributed by atoms with Crippen molar-refractivity contribution in [3.8, 4) is 0 Å². The van der Waals surface area contributed by atoms with Crippen molar-refractivity contribution in [2.45, 2.75) is 83.2 Å². The van der Waals surface area contributed by atoms with Crippen molar-refractivity contribution in [2.75, 3.05) is 14.2 Å². The molecule has 4 rings (SSSR count). The van der Waals surface area contributed by atoms with Gasteiger partial charge in [0.2, 0.25) is 11.6 Å². The molecule has 2 bridgehead atoms. The second-order valence-electron chi connectivity index (χ2n) is 10.2. The van der Waals surface area contributed by atoms with E-state index in [0.29, 0.717) is 25.7 Å². The summed E-state index contributed by atoms with van der Waals surface area (Å²) >= 11 is 0. The number of carbonyl (C=O) groups is 1. The van der Waals surface area contributed by atoms with Crippen molar-refractivity contribution in [2.24, 2.45) is 28.1 Å². The van der Waals surface area contributed by atoms with Crippen molar-refractivity contribution in [1.29, 1.82) is 0 Å². The van der Waals surface area contributed by atoms with E-state index >= 15 is 0 Å². The van der Waals surface area contributed by atoms with Crippen LogP contribution < -0.4 is 0 Å². The Bertz CT molecular complexity index is 626. The summed E-state index contributed by atoms with van der Waals surface area (Å²) in [6, 6.07) is 0. The first-order chi connectivity index (χ1) is 12.1. The van der Waals surface area contributed by atoms with Crippen molar-refractivity contribution in [1.82, 2.24) is 0 Å². The van der Waals surface area contributed by atoms with Gasteiger partial charge in [0.1, 0.15) is 0 Å². The number of aliphatic hydroxyl groups excluding tert-OH is 1. The number of Topliss-reactive ketones (excluding diaryl/α,β-unsaturated/α-hetero) is 1. The second kappa shape index (κ2) is 5.31. The van der Waals surface area contributed by atoms with Gasteiger partial charge in [-0.05, 0) is 61.7 Å². The largest absolute Gasteiger partial charge is 0.393 e. The smallest absolute Gasteiger partial charge is 0.232 e. The second-order valence-corrected chi connectivity index (χ2v) is 10.2. The zero-order valence-corrected chi connectivity index (χ0v) is 16.8. The third kappa shape index (κ3) is 1.75. The Morgan fingerprint density at radius 3 is 2.23 bits per heavy atom. The minimum atomic E-state index is -1.24. The Labute approximate surface area is 156 Å². The van der Waals surface area contributed by atoms with Crippen LogP contribution in [-0.2, 0) is 14.3 Å². The highest BCUT2D eigenvalue weighted by atomic mass is 16.7. The summed E-state index contributed by atoms with van der Waals surface area (Å²) in [4.78, 5) is 14.0. The fourth-order valence-electron chi connectivity index (χ4n) is 7.98. The van der Waals surface area contributed by atoms with Crippen molar-refractivity contribution in [3.05, 3.63) is 0 Å². The van der Waals surface area contributed by atoms with Crippen LogP contribution in [0.1, 0.15) is 65.7 Å². The van der Waals surface area contributed by atoms with Gasteiger partial charge in [0, 0.05) is 20.1 Å². The summed E-state index contributed by atoms with van der Waals surface area (Å²) in [5.74, 6) is -1.13. The molecule has 5 nitrogen and oxygen atoms in total. The topological polar surface area (TPSA) is 76.0 Å². The van der Waals surface area contributed by atoms with Crippen LogP contribution in [0, 0.1) is 28.1 Å². The fourth-order valence-corrected chi connectivity index (χ4v) is 7.98. The van der Waals surface area contributed by atoms with Crippen LogP contribution in [0.3, 0.4) is 0 Å². The lowest BCUT2D eigenvalue weighted by Gasteiger charge is -2.67. The maximum Gasteiger partial charge on any atom is 0.232 e. The predicted molar refractivity (Wildman–Crippen MR) is 96.3 cm³/mol. The molecule has 0 radical (unpaired) electrons. The van der Waals surface area contributed by atoms with E-state index in [-0.39, 0.29) is 34.6 Å². The molecule has 0 amide bonds. The molecule has 0 heterocycles. The molecule has 0 aromatic rings. The zero-order valence-electron chi connectivity index (χ0n) is 16.8. The minimum absolute atomic E-state index is 0.0178. The van der Waals surface area contributed by atoms with E-state index in [4.69, 9.17) is 9.47 Å². The Morgan fingerprint density at radius 1 is 1.00 bits per heavy atom. The number of fused-ring (bicyclic) bond motifs is 2. The Hall–Kier alpha value is -0.490. The van der Waals surface area contributed by atoms with Gasteiger partial charge in [-0.25, -0.2) is 0 Å². The summed E-state index contributed by atoms with van der Waals surface area (Å²) in [5, 5.41) is 22.5. The first-order valence-electron chi connectivity index (χ1n) is 10.1. The SMILES string of the molecule is COC1(OC)C(=O)[C@@]23C[C@@H]1CC[C@@]2(O)CC[C@@H]1C(C)(C)[C@H](O)CC[C@]13C. The summed E-state index contributed by atoms with van der Waals surface area (Å²) in [7, 11) is 3.10. The molecule has 4 fully saturated rings. The maximum absolute atomic E-state index is 14.0. The first-order valence-corrected chi connectivity index (χ1v) is 10.1. The molecule has 4 aliphatic carbocycles. The number of aliphatic hydroxyl groups is 2. The molecule has 1 spiro atoms. The van der Waals surface area contributed by atoms with Crippen LogP contribution in [0.5, 0.6) is 0 Å². The quantitative estimate of drug-likeness (QED) is 0.735. The molecule has 0 aliphatic heterocycles. The van der Waals surface area contributed by atoms with E-state index in [0.717, 1.165) is 19.3 Å². The molecule has 4 saturated carbocycles. The van der Waals surface area contributed by atoms with Crippen LogP contribution >= 0.6 is 0 Å². The van der Waals surface area contributed by atoms with Crippen LogP contribution in [-0.4, -0.2) is 47.7 Å². The van der Waals surface area contributed by atoms with Gasteiger partial charge in [0.25, 0.3) is 0 Å². The first kappa shape index (κ1) is 18.9. The average molecular weight is 366 g/mol. The highest BCUT2D eigenvalue weighted by Crippen LogP contribution is 2.75. The molecule has 4 aliphatic rings. The number of carbonyl (C=O) groups excluding carboxylic acids is 1. The van der Waals surface area contributed by atoms with Crippen LogP contribution in [0.25, 0.3) is 0 Å². The van der Waals surface area contributed by atoms with Gasteiger partial charge < -0.3 is 19.7 Å². The standard InChI is InChI=1S/C21H34O5/c1-17(2)14-7-11-19(24)10-6-13-12-20(19,16(23)21(13,25-4)26-5)18(14,3)9-8-15(17)22/h13-15,22,24H,6-12H2,1-5H3/t13-,14+,15+,18+,19+,20+/m0/s1. The van der Waals surface area contributed by atoms with E-state index in [1.807, 2.05) is 0 Å². The number of rotatable bonds is 2. The van der Waals surface area contributed by atoms with Crippen LogP contribution in [0.4, 0.5) is 0 Å². The van der Waals surface area contributed by atoms with Crippen molar-refractivity contribution >= 4 is 5.78 Å². The molecule has 6 atom stereocenters. The molecule has 5 heteroatoms. The molecule has 0 saturated heterocycles. The van der Waals surface area contributed by atoms with E-state index in [1.54, 1.807) is 14.2 Å². The lowest BCUT2D eigenvalue weighted by atomic mass is 9.37. The van der Waals surface area contributed by atoms with Gasteiger partial charge in [-0.1, -0.05) is 20.8 Å². The van der Waals surface area contributed by atoms with Crippen LogP contribution in [0.15, 0.2) is 0 Å². The van der Waals surface area contributed by atoms with Gasteiger partial charge in [0.15, 0.2) is 0 Å². The number of ketones is 1. The Balaban J connectivity index is 1.92. The molecule has 148 valence electrons. The molecule has 2 N–H and O–H groups in total. The van der Waals surface area contributed by atoms with Crippen LogP contribution in [0.2, 0.25) is 0 Å². The Morgan fingerprint density at radius 2 is 1.62 bits per heavy atom. The highest BCUT2D eigenvalue weighted by molar-refractivity contribution is 5.96. The van der Waals surface area contributed by atoms with E-state index in [1.165, 1.54) is 0 Å². The lowest BCUT2D eigenvalue weighted by molar-refractivity contribution is -0.252. The van der Waals surface area contributed by atoms with Gasteiger partial charge in [0.05, 0.1) is 17.1 Å². The maximum atomic E-state index is 14.0. The van der Waals surface area contributed by atoms with Crippen molar-refractivity contribution < 1.29 is 24.5 Å². The highest BCUT2D eigenvalue weighted by Gasteiger charge is 2.81. The van der Waals surface area contributed by atoms with E-state index in [9.17, 15) is 15.0 Å². The summed E-state index contributed by atoms with van der Waals surface area (Å²) in [6.45, 7) is 6.44. The monoisotopic (exact) mass is 366 g/mol. The van der Waals surface area contributed by atoms with E-state index in [2.05, 4.69) is 20.8 Å². The third-order valence-electron chi connectivity index (χ3n) is 9.39. The fraction of sp³-hybridized carbons (Fsp3) is 0.952. The molecule has 0 aromatic heterocycles. The Kier molecular flexibility index (Phi) is 3.85. The average Bonchev–Trinajstić information content (AvgIpc) is 2.82. The molecular formula is C21H34O5. The van der Waals surface area contributed by atoms with Gasteiger partial charge >= 0.3 is 0 Å². The predicted octanol–water partition coefficient (Wildman–Crippen LogP) is 2.67. The van der Waals surface area contributed by atoms with E-state index < -0.39 is 16.8 Å². The molecule has 26 heavy (non-hydrogen) atoms. The molecule has 0 unspecified atom stereocenters.